The number of carbonyl (C=O) groups is 1. The van der Waals surface area contributed by atoms with E-state index < -0.39 is 12.0 Å². The molecule has 0 saturated heterocycles. The predicted octanol–water partition coefficient (Wildman–Crippen LogP) is 5.44. The third kappa shape index (κ3) is 6.38. The normalized spacial score (nSPS) is 14.6. The lowest BCUT2D eigenvalue weighted by Gasteiger charge is -2.25. The highest BCUT2D eigenvalue weighted by molar-refractivity contribution is 7.07. The standard InChI is InChI=1S/C33H31ClN2O6S/c1-5-40-27-18-22(13-16-26(27)39-4)30-29(32(38)41-6-2)20(3)35-33-36(30)31(37)28(43-33)17-21-11-14-24(15-12-21)42-19-23-9-7-8-10-25(23)34/h7-18,30H,5-6,19H2,1-4H3/b28-17-/t30-/m0/s1. The van der Waals surface area contributed by atoms with E-state index in [1.807, 2.05) is 67.6 Å². The lowest BCUT2D eigenvalue weighted by atomic mass is 9.95. The highest BCUT2D eigenvalue weighted by Gasteiger charge is 2.34. The molecule has 0 unspecified atom stereocenters. The number of aromatic nitrogens is 1. The Hall–Kier alpha value is -4.34. The first-order valence-corrected chi connectivity index (χ1v) is 15.0. The Kier molecular flexibility index (Phi) is 9.33. The Bertz CT molecular complexity index is 1860. The number of methoxy groups -OCH3 is 1. The summed E-state index contributed by atoms with van der Waals surface area (Å²) >= 11 is 7.50. The van der Waals surface area contributed by atoms with Crippen molar-refractivity contribution >= 4 is 35.0 Å². The second-order valence-corrected chi connectivity index (χ2v) is 11.0. The molecule has 1 atom stereocenters. The molecule has 4 aromatic rings. The van der Waals surface area contributed by atoms with Crippen LogP contribution in [0.15, 0.2) is 87.8 Å². The van der Waals surface area contributed by atoms with Gasteiger partial charge in [-0.15, -0.1) is 0 Å². The Morgan fingerprint density at radius 3 is 2.49 bits per heavy atom. The average Bonchev–Trinajstić information content (AvgIpc) is 3.30. The molecule has 8 nitrogen and oxygen atoms in total. The summed E-state index contributed by atoms with van der Waals surface area (Å²) in [6.07, 6.45) is 1.81. The van der Waals surface area contributed by atoms with E-state index in [1.165, 1.54) is 11.3 Å². The van der Waals surface area contributed by atoms with E-state index >= 15 is 0 Å². The van der Waals surface area contributed by atoms with Gasteiger partial charge in [-0.2, -0.15) is 0 Å². The first-order valence-electron chi connectivity index (χ1n) is 13.8. The first kappa shape index (κ1) is 30.1. The zero-order valence-corrected chi connectivity index (χ0v) is 25.8. The Labute approximate surface area is 258 Å². The van der Waals surface area contributed by atoms with E-state index in [9.17, 15) is 9.59 Å². The second kappa shape index (κ2) is 13.3. The van der Waals surface area contributed by atoms with Crippen LogP contribution in [0.5, 0.6) is 17.2 Å². The maximum Gasteiger partial charge on any atom is 0.338 e. The van der Waals surface area contributed by atoms with Gasteiger partial charge in [0.05, 0.1) is 42.2 Å². The minimum atomic E-state index is -0.761. The Morgan fingerprint density at radius 2 is 1.79 bits per heavy atom. The minimum absolute atomic E-state index is 0.192. The van der Waals surface area contributed by atoms with Gasteiger partial charge in [0.2, 0.25) is 0 Å². The summed E-state index contributed by atoms with van der Waals surface area (Å²) in [5, 5.41) is 0.651. The van der Waals surface area contributed by atoms with Gasteiger partial charge >= 0.3 is 5.97 Å². The van der Waals surface area contributed by atoms with Gasteiger partial charge in [-0.3, -0.25) is 9.36 Å². The minimum Gasteiger partial charge on any atom is -0.493 e. The fourth-order valence-electron chi connectivity index (χ4n) is 4.83. The topological polar surface area (TPSA) is 88.4 Å². The van der Waals surface area contributed by atoms with Crippen LogP contribution in [-0.2, 0) is 16.1 Å². The van der Waals surface area contributed by atoms with Crippen LogP contribution in [-0.4, -0.2) is 30.9 Å². The third-order valence-electron chi connectivity index (χ3n) is 6.85. The summed E-state index contributed by atoms with van der Waals surface area (Å²) in [5.74, 6) is 1.22. The zero-order chi connectivity index (χ0) is 30.5. The van der Waals surface area contributed by atoms with E-state index in [0.29, 0.717) is 61.7 Å². The van der Waals surface area contributed by atoms with E-state index in [1.54, 1.807) is 37.7 Å². The number of rotatable bonds is 10. The number of halogens is 1. The number of benzene rings is 3. The molecule has 0 saturated carbocycles. The molecule has 0 spiro atoms. The number of thiazole rings is 1. The Morgan fingerprint density at radius 1 is 1.02 bits per heavy atom. The fraction of sp³-hybridized carbons (Fsp3) is 0.242. The first-order chi connectivity index (χ1) is 20.8. The van der Waals surface area contributed by atoms with Crippen LogP contribution in [0.2, 0.25) is 5.02 Å². The molecule has 0 fully saturated rings. The smallest absolute Gasteiger partial charge is 0.338 e. The van der Waals surface area contributed by atoms with Gasteiger partial charge in [-0.25, -0.2) is 9.79 Å². The van der Waals surface area contributed by atoms with Gasteiger partial charge in [-0.1, -0.05) is 59.3 Å². The monoisotopic (exact) mass is 618 g/mol. The molecule has 5 rings (SSSR count). The van der Waals surface area contributed by atoms with Crippen molar-refractivity contribution in [2.24, 2.45) is 4.99 Å². The van der Waals surface area contributed by atoms with Crippen LogP contribution in [0.1, 0.15) is 43.5 Å². The molecule has 1 aromatic heterocycles. The van der Waals surface area contributed by atoms with Crippen molar-refractivity contribution in [2.45, 2.75) is 33.4 Å². The van der Waals surface area contributed by atoms with Crippen LogP contribution in [0.4, 0.5) is 0 Å². The summed E-state index contributed by atoms with van der Waals surface area (Å²) in [6.45, 7) is 6.33. The van der Waals surface area contributed by atoms with Crippen LogP contribution >= 0.6 is 22.9 Å². The van der Waals surface area contributed by atoms with Crippen molar-refractivity contribution in [1.29, 1.82) is 0 Å². The zero-order valence-electron chi connectivity index (χ0n) is 24.3. The predicted molar refractivity (Wildman–Crippen MR) is 167 cm³/mol. The maximum atomic E-state index is 13.9. The number of fused-ring (bicyclic) bond motifs is 1. The largest absolute Gasteiger partial charge is 0.493 e. The van der Waals surface area contributed by atoms with Gasteiger partial charge < -0.3 is 18.9 Å². The van der Waals surface area contributed by atoms with Crippen LogP contribution in [0, 0.1) is 0 Å². The number of hydrogen-bond donors (Lipinski definition) is 0. The van der Waals surface area contributed by atoms with E-state index in [-0.39, 0.29) is 12.2 Å². The lowest BCUT2D eigenvalue weighted by molar-refractivity contribution is -0.139. The molecule has 2 heterocycles. The average molecular weight is 619 g/mol. The molecule has 0 radical (unpaired) electrons. The maximum absolute atomic E-state index is 13.9. The molecular weight excluding hydrogens is 588 g/mol. The second-order valence-electron chi connectivity index (χ2n) is 9.59. The van der Waals surface area contributed by atoms with E-state index in [0.717, 1.165) is 11.1 Å². The molecule has 0 amide bonds. The summed E-state index contributed by atoms with van der Waals surface area (Å²) in [5.41, 5.74) is 2.91. The van der Waals surface area contributed by atoms with Crippen molar-refractivity contribution in [3.63, 3.8) is 0 Å². The highest BCUT2D eigenvalue weighted by atomic mass is 35.5. The van der Waals surface area contributed by atoms with Crippen LogP contribution < -0.4 is 29.1 Å². The van der Waals surface area contributed by atoms with Gasteiger partial charge in [0.15, 0.2) is 16.3 Å². The highest BCUT2D eigenvalue weighted by Crippen LogP contribution is 2.36. The van der Waals surface area contributed by atoms with Crippen molar-refractivity contribution in [3.8, 4) is 17.2 Å². The summed E-state index contributed by atoms with van der Waals surface area (Å²) in [4.78, 5) is 32.3. The molecule has 1 aliphatic rings. The quantitative estimate of drug-likeness (QED) is 0.220. The molecule has 3 aromatic carbocycles. The van der Waals surface area contributed by atoms with Crippen molar-refractivity contribution in [2.75, 3.05) is 20.3 Å². The molecule has 0 N–H and O–H groups in total. The molecule has 43 heavy (non-hydrogen) atoms. The van der Waals surface area contributed by atoms with Crippen molar-refractivity contribution < 1.29 is 23.7 Å². The van der Waals surface area contributed by atoms with Crippen LogP contribution in [0.25, 0.3) is 6.08 Å². The number of carbonyl (C=O) groups excluding carboxylic acids is 1. The van der Waals surface area contributed by atoms with E-state index in [4.69, 9.17) is 30.5 Å². The van der Waals surface area contributed by atoms with Crippen LogP contribution in [0.3, 0.4) is 0 Å². The molecule has 222 valence electrons. The lowest BCUT2D eigenvalue weighted by Crippen LogP contribution is -2.40. The van der Waals surface area contributed by atoms with Crippen molar-refractivity contribution in [1.82, 2.24) is 4.57 Å². The van der Waals surface area contributed by atoms with Gasteiger partial charge in [0, 0.05) is 10.6 Å². The third-order valence-corrected chi connectivity index (χ3v) is 8.20. The number of allylic oxidation sites excluding steroid dienone is 1. The Balaban J connectivity index is 1.53. The fourth-order valence-corrected chi connectivity index (χ4v) is 6.06. The summed E-state index contributed by atoms with van der Waals surface area (Å²) < 4.78 is 24.6. The van der Waals surface area contributed by atoms with Crippen molar-refractivity contribution in [3.05, 3.63) is 119 Å². The van der Waals surface area contributed by atoms with Gasteiger partial charge in [0.1, 0.15) is 12.4 Å². The molecule has 10 heteroatoms. The number of hydrogen-bond acceptors (Lipinski definition) is 8. The molecule has 1 aliphatic heterocycles. The SMILES string of the molecule is CCOC(=O)C1=C(C)N=c2s/c(=C\c3ccc(OCc4ccccc4Cl)cc3)c(=O)n2[C@H]1c1ccc(OC)c(OCC)c1. The van der Waals surface area contributed by atoms with Gasteiger partial charge in [0.25, 0.3) is 5.56 Å². The summed E-state index contributed by atoms with van der Waals surface area (Å²) in [6, 6.07) is 19.6. The number of esters is 1. The number of nitrogens with zero attached hydrogens (tertiary/aromatic N) is 2. The number of ether oxygens (including phenoxy) is 4. The molecular formula is C33H31ClN2O6S. The molecule has 0 aliphatic carbocycles. The summed E-state index contributed by atoms with van der Waals surface area (Å²) in [7, 11) is 1.56. The van der Waals surface area contributed by atoms with Gasteiger partial charge in [-0.05, 0) is 68.3 Å². The molecule has 0 bridgehead atoms. The van der Waals surface area contributed by atoms with E-state index in [2.05, 4.69) is 4.99 Å².